The lowest BCUT2D eigenvalue weighted by molar-refractivity contribution is -0.155. The zero-order chi connectivity index (χ0) is 26.9. The van der Waals surface area contributed by atoms with Crippen LogP contribution in [0.4, 0.5) is 0 Å². The number of hydrogen-bond acceptors (Lipinski definition) is 8. The maximum absolute atomic E-state index is 12.1. The molecular formula is C29H39N5O4. The fourth-order valence-electron chi connectivity index (χ4n) is 5.06. The van der Waals surface area contributed by atoms with Crippen LogP contribution in [0.5, 0.6) is 5.75 Å². The summed E-state index contributed by atoms with van der Waals surface area (Å²) in [5.41, 5.74) is 2.28. The predicted octanol–water partition coefficient (Wildman–Crippen LogP) is 5.11. The standard InChI is InChI=1S/C29H39N5O4/c1-19(2)37-21-9-10-24-22(16-21)27(32-34(24)25-8-6-7-15-36-25)28-30-13-11-23(31-28)20-17-33(18-20)14-12-26(35)38-29(3,4)5/h9-11,13,16,19-20,25H,6-8,12,14-15,17-18H2,1-5H3. The summed E-state index contributed by atoms with van der Waals surface area (Å²) in [6, 6.07) is 8.06. The summed E-state index contributed by atoms with van der Waals surface area (Å²) in [5, 5.41) is 5.95. The van der Waals surface area contributed by atoms with Gasteiger partial charge in [-0.25, -0.2) is 14.6 Å². The molecule has 2 aliphatic heterocycles. The van der Waals surface area contributed by atoms with Gasteiger partial charge in [-0.15, -0.1) is 0 Å². The van der Waals surface area contributed by atoms with E-state index in [0.29, 0.717) is 24.7 Å². The monoisotopic (exact) mass is 521 g/mol. The summed E-state index contributed by atoms with van der Waals surface area (Å²) in [6.45, 7) is 12.9. The van der Waals surface area contributed by atoms with Crippen LogP contribution in [0.2, 0.25) is 0 Å². The lowest BCUT2D eigenvalue weighted by atomic mass is 9.95. The van der Waals surface area contributed by atoms with Crippen LogP contribution in [-0.2, 0) is 14.3 Å². The molecule has 0 radical (unpaired) electrons. The molecule has 5 rings (SSSR count). The minimum absolute atomic E-state index is 0.0732. The molecule has 1 unspecified atom stereocenters. The Labute approximate surface area is 224 Å². The van der Waals surface area contributed by atoms with Crippen molar-refractivity contribution in [1.82, 2.24) is 24.6 Å². The number of likely N-dealkylation sites (tertiary alicyclic amines) is 1. The van der Waals surface area contributed by atoms with Gasteiger partial charge < -0.3 is 19.1 Å². The van der Waals surface area contributed by atoms with Gasteiger partial charge in [0.2, 0.25) is 0 Å². The third-order valence-corrected chi connectivity index (χ3v) is 6.79. The van der Waals surface area contributed by atoms with Gasteiger partial charge in [-0.3, -0.25) is 4.79 Å². The van der Waals surface area contributed by atoms with Crippen molar-refractivity contribution in [3.8, 4) is 17.3 Å². The van der Waals surface area contributed by atoms with Crippen LogP contribution >= 0.6 is 0 Å². The molecule has 2 saturated heterocycles. The van der Waals surface area contributed by atoms with E-state index in [4.69, 9.17) is 24.3 Å². The van der Waals surface area contributed by atoms with Crippen LogP contribution in [-0.4, -0.2) is 68.6 Å². The van der Waals surface area contributed by atoms with Gasteiger partial charge in [0.05, 0.1) is 23.7 Å². The molecule has 0 amide bonds. The zero-order valence-corrected chi connectivity index (χ0v) is 23.1. The van der Waals surface area contributed by atoms with Crippen LogP contribution < -0.4 is 4.74 Å². The molecular weight excluding hydrogens is 482 g/mol. The van der Waals surface area contributed by atoms with Crippen LogP contribution in [0.3, 0.4) is 0 Å². The second-order valence-corrected chi connectivity index (χ2v) is 11.6. The number of hydrogen-bond donors (Lipinski definition) is 0. The van der Waals surface area contributed by atoms with Gasteiger partial charge in [-0.1, -0.05) is 0 Å². The van der Waals surface area contributed by atoms with Gasteiger partial charge in [0.25, 0.3) is 0 Å². The molecule has 0 aliphatic carbocycles. The lowest BCUT2D eigenvalue weighted by Crippen LogP contribution is -2.46. The summed E-state index contributed by atoms with van der Waals surface area (Å²) in [7, 11) is 0. The molecule has 204 valence electrons. The third-order valence-electron chi connectivity index (χ3n) is 6.79. The first-order valence-corrected chi connectivity index (χ1v) is 13.7. The Kier molecular flexibility index (Phi) is 7.68. The Bertz CT molecular complexity index is 1270. The van der Waals surface area contributed by atoms with Crippen LogP contribution in [0.1, 0.15) is 78.1 Å². The third kappa shape index (κ3) is 6.15. The Balaban J connectivity index is 1.35. The van der Waals surface area contributed by atoms with Crippen LogP contribution in [0, 0.1) is 0 Å². The first kappa shape index (κ1) is 26.6. The van der Waals surface area contributed by atoms with E-state index >= 15 is 0 Å². The number of esters is 1. The van der Waals surface area contributed by atoms with Crippen molar-refractivity contribution in [2.45, 2.75) is 84.2 Å². The van der Waals surface area contributed by atoms with Crippen molar-refractivity contribution in [2.75, 3.05) is 26.2 Å². The quantitative estimate of drug-likeness (QED) is 0.378. The van der Waals surface area contributed by atoms with Crippen molar-refractivity contribution in [3.05, 3.63) is 36.2 Å². The molecule has 9 heteroatoms. The number of aromatic nitrogens is 4. The smallest absolute Gasteiger partial charge is 0.307 e. The van der Waals surface area contributed by atoms with E-state index in [0.717, 1.165) is 67.0 Å². The van der Waals surface area contributed by atoms with Gasteiger partial charge in [-0.2, -0.15) is 5.10 Å². The Hall–Kier alpha value is -3.04. The summed E-state index contributed by atoms with van der Waals surface area (Å²) in [6.07, 6.45) is 5.32. The number of carbonyl (C=O) groups excluding carboxylic acids is 1. The van der Waals surface area contributed by atoms with E-state index < -0.39 is 5.60 Å². The molecule has 1 aromatic carbocycles. The van der Waals surface area contributed by atoms with E-state index in [1.54, 1.807) is 0 Å². The second kappa shape index (κ2) is 11.0. The maximum Gasteiger partial charge on any atom is 0.307 e. The van der Waals surface area contributed by atoms with E-state index in [1.165, 1.54) is 0 Å². The number of nitrogens with zero attached hydrogens (tertiary/aromatic N) is 5. The van der Waals surface area contributed by atoms with Gasteiger partial charge in [0, 0.05) is 43.7 Å². The molecule has 2 aliphatic rings. The predicted molar refractivity (Wildman–Crippen MR) is 145 cm³/mol. The number of carbonyl (C=O) groups is 1. The first-order chi connectivity index (χ1) is 18.2. The highest BCUT2D eigenvalue weighted by Gasteiger charge is 2.31. The lowest BCUT2D eigenvalue weighted by Gasteiger charge is -2.38. The van der Waals surface area contributed by atoms with E-state index in [2.05, 4.69) is 16.0 Å². The molecule has 3 aromatic rings. The van der Waals surface area contributed by atoms with Crippen molar-refractivity contribution >= 4 is 16.9 Å². The molecule has 0 spiro atoms. The molecule has 0 N–H and O–H groups in total. The molecule has 2 fully saturated rings. The summed E-state index contributed by atoms with van der Waals surface area (Å²) in [5.74, 6) is 1.55. The van der Waals surface area contributed by atoms with Gasteiger partial charge in [-0.05, 0) is 78.1 Å². The zero-order valence-electron chi connectivity index (χ0n) is 23.1. The molecule has 0 bridgehead atoms. The SMILES string of the molecule is CC(C)Oc1ccc2c(c1)c(-c1nccc(C3CN(CCC(=O)OC(C)(C)C)C3)n1)nn2C1CCCCO1. The van der Waals surface area contributed by atoms with Crippen molar-refractivity contribution in [3.63, 3.8) is 0 Å². The Morgan fingerprint density at radius 2 is 2.00 bits per heavy atom. The van der Waals surface area contributed by atoms with Crippen LogP contribution in [0.15, 0.2) is 30.5 Å². The first-order valence-electron chi connectivity index (χ1n) is 13.7. The van der Waals surface area contributed by atoms with E-state index in [-0.39, 0.29) is 18.3 Å². The fourth-order valence-corrected chi connectivity index (χ4v) is 5.06. The van der Waals surface area contributed by atoms with Crippen molar-refractivity contribution in [1.29, 1.82) is 0 Å². The molecule has 4 heterocycles. The van der Waals surface area contributed by atoms with Gasteiger partial charge in [0.15, 0.2) is 12.1 Å². The normalized spacial score (nSPS) is 19.1. The Morgan fingerprint density at radius 1 is 1.18 bits per heavy atom. The number of fused-ring (bicyclic) bond motifs is 1. The summed E-state index contributed by atoms with van der Waals surface area (Å²) >= 11 is 0. The highest BCUT2D eigenvalue weighted by atomic mass is 16.6. The second-order valence-electron chi connectivity index (χ2n) is 11.6. The minimum Gasteiger partial charge on any atom is -0.491 e. The van der Waals surface area contributed by atoms with Gasteiger partial charge in [0.1, 0.15) is 17.0 Å². The highest BCUT2D eigenvalue weighted by Crippen LogP contribution is 2.35. The molecule has 38 heavy (non-hydrogen) atoms. The van der Waals surface area contributed by atoms with Crippen molar-refractivity contribution < 1.29 is 19.0 Å². The number of benzene rings is 1. The van der Waals surface area contributed by atoms with Gasteiger partial charge >= 0.3 is 5.97 Å². The van der Waals surface area contributed by atoms with Crippen molar-refractivity contribution in [2.24, 2.45) is 0 Å². The van der Waals surface area contributed by atoms with E-state index in [1.807, 2.05) is 63.7 Å². The fraction of sp³-hybridized carbons (Fsp3) is 0.586. The topological polar surface area (TPSA) is 91.6 Å². The number of rotatable bonds is 8. The highest BCUT2D eigenvalue weighted by molar-refractivity contribution is 5.92. The largest absolute Gasteiger partial charge is 0.491 e. The number of ether oxygens (including phenoxy) is 3. The average molecular weight is 522 g/mol. The molecule has 1 atom stereocenters. The Morgan fingerprint density at radius 3 is 2.71 bits per heavy atom. The minimum atomic E-state index is -0.451. The van der Waals surface area contributed by atoms with Crippen LogP contribution in [0.25, 0.3) is 22.4 Å². The summed E-state index contributed by atoms with van der Waals surface area (Å²) in [4.78, 5) is 23.9. The molecule has 9 nitrogen and oxygen atoms in total. The average Bonchev–Trinajstić information content (AvgIpc) is 3.21. The molecule has 2 aromatic heterocycles. The summed E-state index contributed by atoms with van der Waals surface area (Å²) < 4.78 is 19.5. The molecule has 0 saturated carbocycles. The maximum atomic E-state index is 12.1. The van der Waals surface area contributed by atoms with E-state index in [9.17, 15) is 4.79 Å².